The van der Waals surface area contributed by atoms with Crippen LogP contribution in [0.1, 0.15) is 62.0 Å². The van der Waals surface area contributed by atoms with Gasteiger partial charge >= 0.3 is 0 Å². The zero-order chi connectivity index (χ0) is 20.2. The van der Waals surface area contributed by atoms with E-state index < -0.39 is 0 Å². The van der Waals surface area contributed by atoms with Gasteiger partial charge in [-0.25, -0.2) is 4.57 Å². The Bertz CT molecular complexity index is 1140. The first-order valence-electron chi connectivity index (χ1n) is 11.9. The number of pyridine rings is 1. The number of para-hydroxylation sites is 1. The van der Waals surface area contributed by atoms with Crippen LogP contribution in [0.25, 0.3) is 5.65 Å². The fourth-order valence-corrected chi connectivity index (χ4v) is 8.66. The van der Waals surface area contributed by atoms with E-state index in [-0.39, 0.29) is 5.54 Å². The first-order valence-corrected chi connectivity index (χ1v) is 11.9. The fraction of sp³-hybridized carbons (Fsp3) is 0.519. The summed E-state index contributed by atoms with van der Waals surface area (Å²) in [6, 6.07) is 16.2. The number of hydrogen-bond donors (Lipinski definition) is 0. The molecule has 3 nitrogen and oxygen atoms in total. The van der Waals surface area contributed by atoms with Crippen molar-refractivity contribution in [1.82, 2.24) is 4.57 Å². The minimum Gasteiger partial charge on any atom is -0.347 e. The van der Waals surface area contributed by atoms with Crippen molar-refractivity contribution in [3.63, 3.8) is 0 Å². The first-order chi connectivity index (χ1) is 14.6. The van der Waals surface area contributed by atoms with Gasteiger partial charge in [0.1, 0.15) is 5.54 Å². The molecule has 4 bridgehead atoms. The Morgan fingerprint density at radius 3 is 2.27 bits per heavy atom. The van der Waals surface area contributed by atoms with Crippen molar-refractivity contribution in [2.45, 2.75) is 57.5 Å². The SMILES string of the molecule is Cc1ccccc1N1C(C)c2c([n+]3ccccc3n2C)C12C1CC3CC(C1)CC2C3. The van der Waals surface area contributed by atoms with Gasteiger partial charge in [-0.3, -0.25) is 0 Å². The molecule has 30 heavy (non-hydrogen) atoms. The molecule has 4 fully saturated rings. The quantitative estimate of drug-likeness (QED) is 0.506. The maximum absolute atomic E-state index is 2.90. The third kappa shape index (κ3) is 1.87. The molecule has 3 heteroatoms. The molecule has 4 saturated carbocycles. The van der Waals surface area contributed by atoms with Gasteiger partial charge in [-0.1, -0.05) is 24.3 Å². The Kier molecular flexibility index (Phi) is 3.30. The number of fused-ring (bicyclic) bond motifs is 3. The molecule has 5 aliphatic rings. The molecule has 3 aromatic rings. The van der Waals surface area contributed by atoms with Crippen LogP contribution in [-0.4, -0.2) is 4.57 Å². The third-order valence-corrected chi connectivity index (χ3v) is 9.35. The number of benzene rings is 1. The molecule has 1 spiro atoms. The summed E-state index contributed by atoms with van der Waals surface area (Å²) >= 11 is 0. The van der Waals surface area contributed by atoms with Crippen molar-refractivity contribution in [3.05, 3.63) is 65.6 Å². The van der Waals surface area contributed by atoms with Crippen molar-refractivity contribution in [2.75, 3.05) is 4.90 Å². The number of imidazole rings is 1. The monoisotopic (exact) mass is 398 g/mol. The Morgan fingerprint density at radius 1 is 0.900 bits per heavy atom. The highest BCUT2D eigenvalue weighted by atomic mass is 15.3. The molecule has 0 N–H and O–H groups in total. The molecule has 1 aromatic carbocycles. The van der Waals surface area contributed by atoms with Crippen molar-refractivity contribution >= 4 is 11.3 Å². The predicted octanol–water partition coefficient (Wildman–Crippen LogP) is 5.30. The highest BCUT2D eigenvalue weighted by Crippen LogP contribution is 2.68. The van der Waals surface area contributed by atoms with E-state index in [0.29, 0.717) is 6.04 Å². The standard InChI is InChI=1S/C27H32N3/c1-17-8-4-5-9-23(17)30-18(2)25-26(29-11-7-6-10-24(29)28(25)3)27(30)21-13-19-12-20(15-21)16-22(27)14-19/h4-11,18-22H,12-16H2,1-3H3/q+1. The second-order valence-corrected chi connectivity index (χ2v) is 10.7. The number of nitrogens with zero attached hydrogens (tertiary/aromatic N) is 3. The van der Waals surface area contributed by atoms with E-state index in [2.05, 4.69) is 83.4 Å². The van der Waals surface area contributed by atoms with Gasteiger partial charge < -0.3 is 4.90 Å². The molecule has 154 valence electrons. The molecule has 1 atom stereocenters. The van der Waals surface area contributed by atoms with E-state index >= 15 is 0 Å². The minimum atomic E-state index is 0.139. The second-order valence-electron chi connectivity index (χ2n) is 10.7. The van der Waals surface area contributed by atoms with Crippen molar-refractivity contribution in [2.24, 2.45) is 30.7 Å². The topological polar surface area (TPSA) is 12.3 Å². The summed E-state index contributed by atoms with van der Waals surface area (Å²) in [7, 11) is 2.29. The highest BCUT2D eigenvalue weighted by molar-refractivity contribution is 5.63. The summed E-state index contributed by atoms with van der Waals surface area (Å²) in [5.74, 6) is 3.48. The molecule has 4 aliphatic carbocycles. The van der Waals surface area contributed by atoms with E-state index in [1.54, 1.807) is 5.69 Å². The van der Waals surface area contributed by atoms with Crippen LogP contribution in [0.2, 0.25) is 0 Å². The van der Waals surface area contributed by atoms with Gasteiger partial charge in [0.2, 0.25) is 0 Å². The Morgan fingerprint density at radius 2 is 1.57 bits per heavy atom. The van der Waals surface area contributed by atoms with Gasteiger partial charge in [0.15, 0.2) is 11.4 Å². The van der Waals surface area contributed by atoms with Gasteiger partial charge in [0.05, 0.1) is 19.3 Å². The summed E-state index contributed by atoms with van der Waals surface area (Å²) in [5.41, 5.74) is 7.51. The Balaban J connectivity index is 1.58. The van der Waals surface area contributed by atoms with E-state index in [1.807, 2.05) is 0 Å². The third-order valence-electron chi connectivity index (χ3n) is 9.35. The Hall–Kier alpha value is -2.29. The molecule has 0 saturated heterocycles. The number of rotatable bonds is 1. The van der Waals surface area contributed by atoms with E-state index in [1.165, 1.54) is 54.7 Å². The minimum absolute atomic E-state index is 0.139. The maximum Gasteiger partial charge on any atom is 0.286 e. The first kappa shape index (κ1) is 17.4. The van der Waals surface area contributed by atoms with Crippen molar-refractivity contribution in [1.29, 1.82) is 0 Å². The molecule has 1 aliphatic heterocycles. The van der Waals surface area contributed by atoms with Crippen molar-refractivity contribution < 1.29 is 4.40 Å². The van der Waals surface area contributed by atoms with Gasteiger partial charge in [0.25, 0.3) is 5.65 Å². The summed E-state index contributed by atoms with van der Waals surface area (Å²) in [6.45, 7) is 4.77. The lowest BCUT2D eigenvalue weighted by Gasteiger charge is -2.62. The van der Waals surface area contributed by atoms with E-state index in [4.69, 9.17) is 0 Å². The van der Waals surface area contributed by atoms with Crippen LogP contribution < -0.4 is 9.30 Å². The van der Waals surface area contributed by atoms with Gasteiger partial charge in [-0.2, -0.15) is 4.40 Å². The summed E-state index contributed by atoms with van der Waals surface area (Å²) in [6.07, 6.45) is 9.51. The lowest BCUT2D eigenvalue weighted by molar-refractivity contribution is -0.528. The largest absolute Gasteiger partial charge is 0.347 e. The number of anilines is 1. The lowest BCUT2D eigenvalue weighted by atomic mass is 9.47. The molecular formula is C27H32N3+. The van der Waals surface area contributed by atoms with Crippen molar-refractivity contribution in [3.8, 4) is 0 Å². The van der Waals surface area contributed by atoms with Crippen LogP contribution >= 0.6 is 0 Å². The zero-order valence-corrected chi connectivity index (χ0v) is 18.4. The van der Waals surface area contributed by atoms with Crippen LogP contribution in [0.15, 0.2) is 48.7 Å². The molecule has 8 rings (SSSR count). The van der Waals surface area contributed by atoms with Gasteiger partial charge in [0, 0.05) is 11.8 Å². The molecule has 1 unspecified atom stereocenters. The van der Waals surface area contributed by atoms with Crippen LogP contribution in [-0.2, 0) is 12.6 Å². The van der Waals surface area contributed by atoms with Crippen LogP contribution in [0.5, 0.6) is 0 Å². The maximum atomic E-state index is 2.90. The summed E-state index contributed by atoms with van der Waals surface area (Å²) in [4.78, 5) is 2.90. The average Bonchev–Trinajstić information content (AvgIpc) is 3.18. The summed E-state index contributed by atoms with van der Waals surface area (Å²) < 4.78 is 5.05. The molecule has 0 amide bonds. The smallest absolute Gasteiger partial charge is 0.286 e. The second kappa shape index (κ2) is 5.69. The molecule has 2 aromatic heterocycles. The average molecular weight is 399 g/mol. The van der Waals surface area contributed by atoms with Gasteiger partial charge in [-0.05, 0) is 87.3 Å². The Labute approximate surface area is 179 Å². The predicted molar refractivity (Wildman–Crippen MR) is 119 cm³/mol. The number of aromatic nitrogens is 2. The van der Waals surface area contributed by atoms with Gasteiger partial charge in [-0.15, -0.1) is 0 Å². The highest BCUT2D eigenvalue weighted by Gasteiger charge is 2.68. The zero-order valence-electron chi connectivity index (χ0n) is 18.4. The fourth-order valence-electron chi connectivity index (χ4n) is 8.66. The lowest BCUT2D eigenvalue weighted by Crippen LogP contribution is -2.64. The van der Waals surface area contributed by atoms with Crippen LogP contribution in [0.4, 0.5) is 5.69 Å². The van der Waals surface area contributed by atoms with E-state index in [0.717, 1.165) is 23.7 Å². The van der Waals surface area contributed by atoms with Crippen LogP contribution in [0.3, 0.4) is 0 Å². The molecular weight excluding hydrogens is 366 g/mol. The molecule has 0 radical (unpaired) electrons. The van der Waals surface area contributed by atoms with Crippen LogP contribution in [0, 0.1) is 30.6 Å². The van der Waals surface area contributed by atoms with E-state index in [9.17, 15) is 0 Å². The molecule has 3 heterocycles. The number of aryl methyl sites for hydroxylation is 2. The number of hydrogen-bond acceptors (Lipinski definition) is 1. The normalized spacial score (nSPS) is 36.2. The summed E-state index contributed by atoms with van der Waals surface area (Å²) in [5, 5.41) is 0.